The normalized spacial score (nSPS) is 13.1. The van der Waals surface area contributed by atoms with Gasteiger partial charge in [0, 0.05) is 24.2 Å². The summed E-state index contributed by atoms with van der Waals surface area (Å²) < 4.78 is 18.5. The summed E-state index contributed by atoms with van der Waals surface area (Å²) in [4.78, 5) is 18.8. The number of aryl methyl sites for hydroxylation is 1. The highest BCUT2D eigenvalue weighted by molar-refractivity contribution is 5.97. The van der Waals surface area contributed by atoms with E-state index >= 15 is 0 Å². The van der Waals surface area contributed by atoms with E-state index in [4.69, 9.17) is 4.52 Å². The monoisotopic (exact) mass is 351 g/mol. The van der Waals surface area contributed by atoms with Crippen molar-refractivity contribution in [3.05, 3.63) is 65.3 Å². The minimum atomic E-state index is -0.326. The number of anilines is 1. The molecule has 0 atom stereocenters. The van der Waals surface area contributed by atoms with Gasteiger partial charge in [-0.2, -0.15) is 4.98 Å². The maximum atomic E-state index is 13.3. The summed E-state index contributed by atoms with van der Waals surface area (Å²) in [6, 6.07) is 12.0. The highest BCUT2D eigenvalue weighted by Gasteiger charge is 2.25. The van der Waals surface area contributed by atoms with Crippen LogP contribution in [0.15, 0.2) is 47.0 Å². The van der Waals surface area contributed by atoms with E-state index in [1.54, 1.807) is 17.0 Å². The third-order valence-corrected chi connectivity index (χ3v) is 4.55. The van der Waals surface area contributed by atoms with Crippen LogP contribution in [0.4, 0.5) is 10.1 Å². The number of carbonyl (C=O) groups is 1. The second kappa shape index (κ2) is 6.71. The van der Waals surface area contributed by atoms with Gasteiger partial charge in [-0.3, -0.25) is 4.79 Å². The Labute approximate surface area is 150 Å². The first kappa shape index (κ1) is 16.4. The van der Waals surface area contributed by atoms with Crippen LogP contribution >= 0.6 is 0 Å². The Morgan fingerprint density at radius 1 is 1.27 bits per heavy atom. The molecule has 2 heterocycles. The zero-order valence-electron chi connectivity index (χ0n) is 14.4. The number of hydrogen-bond acceptors (Lipinski definition) is 4. The van der Waals surface area contributed by atoms with Crippen LogP contribution in [-0.2, 0) is 24.1 Å². The molecule has 0 aliphatic carbocycles. The van der Waals surface area contributed by atoms with Gasteiger partial charge in [-0.1, -0.05) is 24.2 Å². The summed E-state index contributed by atoms with van der Waals surface area (Å²) in [6.45, 7) is 2.58. The van der Waals surface area contributed by atoms with Crippen LogP contribution in [0.1, 0.15) is 23.9 Å². The molecule has 4 rings (SSSR count). The molecule has 5 nitrogen and oxygen atoms in total. The summed E-state index contributed by atoms with van der Waals surface area (Å²) in [5.74, 6) is 0.810. The summed E-state index contributed by atoms with van der Waals surface area (Å²) in [5.41, 5.74) is 3.54. The Morgan fingerprint density at radius 3 is 2.92 bits per heavy atom. The molecule has 0 N–H and O–H groups in total. The van der Waals surface area contributed by atoms with Crippen molar-refractivity contribution in [2.24, 2.45) is 0 Å². The highest BCUT2D eigenvalue weighted by atomic mass is 19.1. The molecule has 3 aromatic rings. The van der Waals surface area contributed by atoms with E-state index in [-0.39, 0.29) is 18.1 Å². The smallest absolute Gasteiger partial charge is 0.231 e. The van der Waals surface area contributed by atoms with Crippen molar-refractivity contribution in [3.8, 4) is 11.4 Å². The molecule has 0 bridgehead atoms. The molecule has 0 unspecified atom stereocenters. The van der Waals surface area contributed by atoms with Crippen molar-refractivity contribution in [3.63, 3.8) is 0 Å². The number of aromatic nitrogens is 2. The van der Waals surface area contributed by atoms with E-state index in [1.807, 2.05) is 25.1 Å². The fourth-order valence-electron chi connectivity index (χ4n) is 3.23. The van der Waals surface area contributed by atoms with Gasteiger partial charge in [0.15, 0.2) is 0 Å². The van der Waals surface area contributed by atoms with E-state index in [0.717, 1.165) is 23.2 Å². The zero-order valence-corrected chi connectivity index (χ0v) is 14.4. The lowest BCUT2D eigenvalue weighted by Gasteiger charge is -2.17. The zero-order chi connectivity index (χ0) is 18.1. The first-order chi connectivity index (χ1) is 12.6. The number of benzene rings is 2. The number of fused-ring (bicyclic) bond motifs is 1. The lowest BCUT2D eigenvalue weighted by molar-refractivity contribution is -0.117. The Bertz CT molecular complexity index is 967. The van der Waals surface area contributed by atoms with Crippen molar-refractivity contribution < 1.29 is 13.7 Å². The van der Waals surface area contributed by atoms with Gasteiger partial charge >= 0.3 is 0 Å². The fourth-order valence-corrected chi connectivity index (χ4v) is 3.23. The third kappa shape index (κ3) is 3.10. The van der Waals surface area contributed by atoms with Gasteiger partial charge in [0.05, 0.1) is 6.42 Å². The average molecular weight is 351 g/mol. The first-order valence-electron chi connectivity index (χ1n) is 8.64. The number of amides is 1. The molecule has 0 saturated heterocycles. The molecule has 1 aliphatic rings. The second-order valence-corrected chi connectivity index (χ2v) is 6.31. The number of rotatable bonds is 4. The topological polar surface area (TPSA) is 59.2 Å². The van der Waals surface area contributed by atoms with E-state index in [9.17, 15) is 9.18 Å². The lowest BCUT2D eigenvalue weighted by Crippen LogP contribution is -2.30. The highest BCUT2D eigenvalue weighted by Crippen LogP contribution is 2.32. The number of nitrogens with zero attached hydrogens (tertiary/aromatic N) is 3. The maximum absolute atomic E-state index is 13.3. The third-order valence-electron chi connectivity index (χ3n) is 4.55. The molecule has 0 fully saturated rings. The van der Waals surface area contributed by atoms with Gasteiger partial charge in [0.25, 0.3) is 0 Å². The van der Waals surface area contributed by atoms with Crippen LogP contribution in [0.25, 0.3) is 11.4 Å². The van der Waals surface area contributed by atoms with Crippen molar-refractivity contribution in [1.82, 2.24) is 10.1 Å². The van der Waals surface area contributed by atoms with Crippen molar-refractivity contribution in [2.45, 2.75) is 26.2 Å². The molecule has 1 amide bonds. The fraction of sp³-hybridized carbons (Fsp3) is 0.250. The first-order valence-corrected chi connectivity index (χ1v) is 8.64. The summed E-state index contributed by atoms with van der Waals surface area (Å²) in [7, 11) is 0. The largest absolute Gasteiger partial charge is 0.339 e. The molecule has 0 spiro atoms. The quantitative estimate of drug-likeness (QED) is 0.721. The van der Waals surface area contributed by atoms with Gasteiger partial charge < -0.3 is 9.42 Å². The molecular weight excluding hydrogens is 333 g/mol. The van der Waals surface area contributed by atoms with Crippen LogP contribution in [0.3, 0.4) is 0 Å². The molecule has 2 aromatic carbocycles. The van der Waals surface area contributed by atoms with E-state index in [2.05, 4.69) is 10.1 Å². The standard InChI is InChI=1S/C20H18FN3O2/c1-2-18-22-20(23-26-18)15-6-7-17-14(12-15)8-9-24(17)19(25)11-13-4-3-5-16(21)10-13/h3-7,10,12H,2,8-9,11H2,1H3. The molecule has 26 heavy (non-hydrogen) atoms. The summed E-state index contributed by atoms with van der Waals surface area (Å²) >= 11 is 0. The van der Waals surface area contributed by atoms with E-state index in [0.29, 0.717) is 30.2 Å². The van der Waals surface area contributed by atoms with Crippen molar-refractivity contribution in [1.29, 1.82) is 0 Å². The average Bonchev–Trinajstić information content (AvgIpc) is 3.28. The van der Waals surface area contributed by atoms with Crippen LogP contribution < -0.4 is 4.90 Å². The number of halogens is 1. The summed E-state index contributed by atoms with van der Waals surface area (Å²) in [5, 5.41) is 4.00. The predicted octanol–water partition coefficient (Wildman–Crippen LogP) is 3.57. The summed E-state index contributed by atoms with van der Waals surface area (Å²) in [6.07, 6.45) is 1.65. The molecule has 0 radical (unpaired) electrons. The van der Waals surface area contributed by atoms with Gasteiger partial charge in [-0.05, 0) is 47.9 Å². The van der Waals surface area contributed by atoms with Crippen LogP contribution in [0.2, 0.25) is 0 Å². The Balaban J connectivity index is 1.55. The number of hydrogen-bond donors (Lipinski definition) is 0. The van der Waals surface area contributed by atoms with Crippen LogP contribution in [0, 0.1) is 5.82 Å². The van der Waals surface area contributed by atoms with Gasteiger partial charge in [-0.25, -0.2) is 4.39 Å². The SMILES string of the molecule is CCc1nc(-c2ccc3c(c2)CCN3C(=O)Cc2cccc(F)c2)no1. The predicted molar refractivity (Wildman–Crippen MR) is 95.3 cm³/mol. The second-order valence-electron chi connectivity index (χ2n) is 6.31. The maximum Gasteiger partial charge on any atom is 0.231 e. The van der Waals surface area contributed by atoms with Crippen molar-refractivity contribution in [2.75, 3.05) is 11.4 Å². The molecule has 6 heteroatoms. The molecule has 0 saturated carbocycles. The lowest BCUT2D eigenvalue weighted by atomic mass is 10.1. The van der Waals surface area contributed by atoms with E-state index < -0.39 is 0 Å². The van der Waals surface area contributed by atoms with Crippen LogP contribution in [0.5, 0.6) is 0 Å². The Hall–Kier alpha value is -3.02. The molecule has 1 aromatic heterocycles. The minimum Gasteiger partial charge on any atom is -0.339 e. The molecular formula is C20H18FN3O2. The molecule has 132 valence electrons. The Morgan fingerprint density at radius 2 is 2.15 bits per heavy atom. The Kier molecular flexibility index (Phi) is 4.24. The van der Waals surface area contributed by atoms with Crippen molar-refractivity contribution >= 4 is 11.6 Å². The van der Waals surface area contributed by atoms with Gasteiger partial charge in [0.1, 0.15) is 5.82 Å². The number of carbonyl (C=O) groups excluding carboxylic acids is 1. The minimum absolute atomic E-state index is 0.0325. The van der Waals surface area contributed by atoms with E-state index in [1.165, 1.54) is 12.1 Å². The molecule has 1 aliphatic heterocycles. The van der Waals surface area contributed by atoms with Gasteiger partial charge in [0.2, 0.25) is 17.6 Å². The van der Waals surface area contributed by atoms with Gasteiger partial charge in [-0.15, -0.1) is 0 Å². The van der Waals surface area contributed by atoms with Crippen LogP contribution in [-0.4, -0.2) is 22.6 Å².